The van der Waals surface area contributed by atoms with Crippen LogP contribution in [0.1, 0.15) is 0 Å². The van der Waals surface area contributed by atoms with Crippen molar-refractivity contribution in [1.29, 1.82) is 0 Å². The van der Waals surface area contributed by atoms with Gasteiger partial charge in [0.25, 0.3) is 5.91 Å². The Kier molecular flexibility index (Phi) is 5.16. The fraction of sp³-hybridized carbons (Fsp3) is 0.333. The average Bonchev–Trinajstić information content (AvgIpc) is 2.74. The van der Waals surface area contributed by atoms with E-state index in [0.717, 1.165) is 48.5 Å². The Bertz CT molecular complexity index is 967. The number of hydrogen-bond donors (Lipinski definition) is 1. The Morgan fingerprint density at radius 2 is 1.89 bits per heavy atom. The van der Waals surface area contributed by atoms with Gasteiger partial charge in [-0.1, -0.05) is 12.1 Å². The molecule has 28 heavy (non-hydrogen) atoms. The van der Waals surface area contributed by atoms with E-state index in [-0.39, 0.29) is 5.91 Å². The second-order valence-corrected chi connectivity index (χ2v) is 7.33. The molecule has 1 fully saturated rings. The number of para-hydroxylation sites is 1. The summed E-state index contributed by atoms with van der Waals surface area (Å²) in [7, 11) is 3.62. The third kappa shape index (κ3) is 3.80. The molecule has 0 unspecified atom stereocenters. The van der Waals surface area contributed by atoms with Crippen LogP contribution in [-0.2, 0) is 4.79 Å². The van der Waals surface area contributed by atoms with Gasteiger partial charge in [-0.05, 0) is 24.3 Å². The van der Waals surface area contributed by atoms with Gasteiger partial charge >= 0.3 is 0 Å². The lowest BCUT2D eigenvalue weighted by atomic mass is 10.2. The maximum absolute atomic E-state index is 12.0. The Morgan fingerprint density at radius 3 is 2.61 bits per heavy atom. The van der Waals surface area contributed by atoms with Crippen molar-refractivity contribution in [3.8, 4) is 11.4 Å². The number of hydrogen-bond acceptors (Lipinski definition) is 5. The van der Waals surface area contributed by atoms with Crippen LogP contribution in [0.4, 0.5) is 5.82 Å². The zero-order valence-electron chi connectivity index (χ0n) is 16.3. The molecule has 0 saturated carbocycles. The van der Waals surface area contributed by atoms with Crippen LogP contribution in [0.25, 0.3) is 22.3 Å². The highest BCUT2D eigenvalue weighted by atomic mass is 16.2. The number of nitrogens with zero attached hydrogens (tertiary/aromatic N) is 5. The van der Waals surface area contributed by atoms with Gasteiger partial charge in [-0.2, -0.15) is 0 Å². The van der Waals surface area contributed by atoms with E-state index < -0.39 is 0 Å². The minimum atomic E-state index is 0.176. The van der Waals surface area contributed by atoms with E-state index in [2.05, 4.69) is 16.0 Å². The first-order valence-electron chi connectivity index (χ1n) is 9.57. The Hall–Kier alpha value is -3.06. The minimum Gasteiger partial charge on any atom is -0.345 e. The zero-order valence-corrected chi connectivity index (χ0v) is 16.3. The van der Waals surface area contributed by atoms with Gasteiger partial charge in [-0.15, -0.1) is 0 Å². The number of fused-ring (bicyclic) bond motifs is 1. The zero-order chi connectivity index (χ0) is 19.5. The van der Waals surface area contributed by atoms with Crippen LogP contribution < -0.4 is 9.80 Å². The molecule has 0 radical (unpaired) electrons. The molecular weight excluding hydrogens is 352 g/mol. The summed E-state index contributed by atoms with van der Waals surface area (Å²) in [4.78, 5) is 31.1. The number of quaternary nitrogens is 1. The van der Waals surface area contributed by atoms with Crippen molar-refractivity contribution in [3.63, 3.8) is 0 Å². The van der Waals surface area contributed by atoms with Gasteiger partial charge in [0, 0.05) is 37.4 Å². The van der Waals surface area contributed by atoms with Crippen LogP contribution in [0.3, 0.4) is 0 Å². The summed E-state index contributed by atoms with van der Waals surface area (Å²) in [6.07, 6.45) is 3.55. The summed E-state index contributed by atoms with van der Waals surface area (Å²) in [5.41, 5.74) is 1.85. The topological polar surface area (TPSA) is 66.7 Å². The van der Waals surface area contributed by atoms with Crippen LogP contribution in [0.2, 0.25) is 0 Å². The number of benzene rings is 1. The Labute approximate surface area is 164 Å². The van der Waals surface area contributed by atoms with Crippen LogP contribution in [-0.4, -0.2) is 72.6 Å². The van der Waals surface area contributed by atoms with E-state index in [9.17, 15) is 4.79 Å². The second kappa shape index (κ2) is 7.90. The van der Waals surface area contributed by atoms with Gasteiger partial charge in [0.15, 0.2) is 12.4 Å². The van der Waals surface area contributed by atoms with Crippen LogP contribution in [0.15, 0.2) is 48.8 Å². The van der Waals surface area contributed by atoms with Crippen molar-refractivity contribution < 1.29 is 9.69 Å². The largest absolute Gasteiger partial charge is 0.345 e. The van der Waals surface area contributed by atoms with Gasteiger partial charge in [0.1, 0.15) is 5.82 Å². The number of amides is 1. The third-order valence-corrected chi connectivity index (χ3v) is 5.17. The number of piperazine rings is 1. The molecule has 1 saturated heterocycles. The maximum Gasteiger partial charge on any atom is 0.277 e. The molecule has 0 bridgehead atoms. The molecule has 1 aromatic carbocycles. The first-order chi connectivity index (χ1) is 13.6. The lowest BCUT2D eigenvalue weighted by Crippen LogP contribution is -3.15. The molecule has 0 spiro atoms. The highest BCUT2D eigenvalue weighted by molar-refractivity contribution is 5.91. The average molecular weight is 377 g/mol. The fourth-order valence-corrected chi connectivity index (χ4v) is 3.51. The number of anilines is 1. The monoisotopic (exact) mass is 377 g/mol. The molecule has 1 aliphatic rings. The van der Waals surface area contributed by atoms with E-state index >= 15 is 0 Å². The van der Waals surface area contributed by atoms with Crippen molar-refractivity contribution in [2.75, 3.05) is 51.7 Å². The van der Waals surface area contributed by atoms with Crippen molar-refractivity contribution in [1.82, 2.24) is 19.9 Å². The predicted octanol–water partition coefficient (Wildman–Crippen LogP) is 0.485. The number of likely N-dealkylation sites (N-methyl/N-ethyl adjacent to an activating group) is 1. The lowest BCUT2D eigenvalue weighted by Gasteiger charge is -2.33. The molecule has 0 atom stereocenters. The molecule has 1 aliphatic heterocycles. The molecule has 4 rings (SSSR count). The van der Waals surface area contributed by atoms with E-state index in [1.165, 1.54) is 4.90 Å². The van der Waals surface area contributed by atoms with Crippen LogP contribution in [0, 0.1) is 0 Å². The molecule has 3 aromatic rings. The highest BCUT2D eigenvalue weighted by Crippen LogP contribution is 2.27. The van der Waals surface area contributed by atoms with Crippen molar-refractivity contribution in [2.45, 2.75) is 0 Å². The SMILES string of the molecule is CN(C)C(=O)C[NH+]1CCN(c2nc(-c3cccnc3)nc3ccccc23)CC1. The molecule has 7 nitrogen and oxygen atoms in total. The normalized spacial score (nSPS) is 15.0. The molecule has 3 heterocycles. The first-order valence-corrected chi connectivity index (χ1v) is 9.57. The van der Waals surface area contributed by atoms with E-state index in [1.807, 2.05) is 44.4 Å². The fourth-order valence-electron chi connectivity index (χ4n) is 3.51. The van der Waals surface area contributed by atoms with E-state index in [4.69, 9.17) is 9.97 Å². The number of carbonyl (C=O) groups excluding carboxylic acids is 1. The summed E-state index contributed by atoms with van der Waals surface area (Å²) in [5.74, 6) is 1.83. The summed E-state index contributed by atoms with van der Waals surface area (Å²) in [6.45, 7) is 4.11. The number of rotatable bonds is 4. The van der Waals surface area contributed by atoms with Gasteiger partial charge in [0.2, 0.25) is 0 Å². The summed E-state index contributed by atoms with van der Waals surface area (Å²) >= 11 is 0. The Balaban J connectivity index is 1.61. The second-order valence-electron chi connectivity index (χ2n) is 7.33. The minimum absolute atomic E-state index is 0.176. The molecule has 2 aromatic heterocycles. The molecule has 144 valence electrons. The number of nitrogens with one attached hydrogen (secondary N) is 1. The van der Waals surface area contributed by atoms with E-state index in [0.29, 0.717) is 12.4 Å². The number of pyridine rings is 1. The van der Waals surface area contributed by atoms with Gasteiger partial charge in [-0.25, -0.2) is 9.97 Å². The molecule has 0 aliphatic carbocycles. The molecule has 1 N–H and O–H groups in total. The van der Waals surface area contributed by atoms with Crippen molar-refractivity contribution >= 4 is 22.6 Å². The molecule has 1 amide bonds. The smallest absolute Gasteiger partial charge is 0.277 e. The third-order valence-electron chi connectivity index (χ3n) is 5.17. The molecule has 7 heteroatoms. The first kappa shape index (κ1) is 18.3. The van der Waals surface area contributed by atoms with Crippen LogP contribution >= 0.6 is 0 Å². The van der Waals surface area contributed by atoms with Gasteiger partial charge in [-0.3, -0.25) is 9.78 Å². The Morgan fingerprint density at radius 1 is 1.11 bits per heavy atom. The summed E-state index contributed by atoms with van der Waals surface area (Å²) in [6, 6.07) is 12.0. The quantitative estimate of drug-likeness (QED) is 0.717. The molecular formula is C21H25N6O+. The standard InChI is InChI=1S/C21H24N6O/c1-25(2)19(28)15-26-10-12-27(13-11-26)21-17-7-3-4-8-18(17)23-20(24-21)16-6-5-9-22-14-16/h3-9,14H,10-13,15H2,1-2H3/p+1. The highest BCUT2D eigenvalue weighted by Gasteiger charge is 2.25. The van der Waals surface area contributed by atoms with Gasteiger partial charge < -0.3 is 14.7 Å². The summed E-state index contributed by atoms with van der Waals surface area (Å²) < 4.78 is 0. The van der Waals surface area contributed by atoms with Crippen LogP contribution in [0.5, 0.6) is 0 Å². The van der Waals surface area contributed by atoms with E-state index in [1.54, 1.807) is 17.3 Å². The van der Waals surface area contributed by atoms with Crippen molar-refractivity contribution in [3.05, 3.63) is 48.8 Å². The van der Waals surface area contributed by atoms with Gasteiger partial charge in [0.05, 0.1) is 31.7 Å². The predicted molar refractivity (Wildman–Crippen MR) is 109 cm³/mol. The summed E-state index contributed by atoms with van der Waals surface area (Å²) in [5, 5.41) is 1.06. The van der Waals surface area contributed by atoms with Crippen molar-refractivity contribution in [2.24, 2.45) is 0 Å². The number of aromatic nitrogens is 3. The maximum atomic E-state index is 12.0. The lowest BCUT2D eigenvalue weighted by molar-refractivity contribution is -0.892. The number of carbonyl (C=O) groups is 1.